The minimum absolute atomic E-state index is 0.0495. The monoisotopic (exact) mass is 900 g/mol. The van der Waals surface area contributed by atoms with Crippen molar-refractivity contribution in [2.45, 2.75) is 168 Å². The summed E-state index contributed by atoms with van der Waals surface area (Å²) in [6, 6.07) is 3.36. The number of anilines is 1. The fourth-order valence-corrected chi connectivity index (χ4v) is 10.7. The Morgan fingerprint density at radius 1 is 1.11 bits per heavy atom. The number of thiazole rings is 1. The molecule has 350 valence electrons. The summed E-state index contributed by atoms with van der Waals surface area (Å²) in [5.41, 5.74) is 2.49. The number of fused-ring (bicyclic) bond motifs is 5. The molecule has 4 N–H and O–H groups in total. The average Bonchev–Trinajstić information content (AvgIpc) is 3.67. The van der Waals surface area contributed by atoms with Gasteiger partial charge < -0.3 is 39.9 Å². The molecule has 1 aliphatic carbocycles. The second-order valence-electron chi connectivity index (χ2n) is 18.8. The first kappa shape index (κ1) is 50.3. The van der Waals surface area contributed by atoms with Crippen LogP contribution in [0.4, 0.5) is 10.2 Å². The van der Waals surface area contributed by atoms with Crippen molar-refractivity contribution in [2.24, 2.45) is 39.2 Å². The SMILES string of the molecule is CCC(=O)/N=C1\[C@H](C)C[C@@]2(C)CC/C(=N/OCc3ccc(-c4nc(N)cs4)cn3)CC[C@H]([C@H]1C)[C@](C)(O)[C@@H](CC)OC(=O)[C@@](C)(F)C(=O)C(C)[C@H]2O[C@@H]1O[C@H](C)C[C@H](N(C)C)[C@H]1O. The van der Waals surface area contributed by atoms with Gasteiger partial charge in [0.15, 0.2) is 18.7 Å². The number of hydrogen-bond acceptors (Lipinski definition) is 15. The van der Waals surface area contributed by atoms with Gasteiger partial charge in [-0.1, -0.05) is 46.7 Å². The first-order valence-corrected chi connectivity index (χ1v) is 23.2. The van der Waals surface area contributed by atoms with Crippen LogP contribution >= 0.6 is 11.3 Å². The van der Waals surface area contributed by atoms with E-state index in [1.807, 2.05) is 58.8 Å². The number of hydrogen-bond donors (Lipinski definition) is 3. The van der Waals surface area contributed by atoms with Gasteiger partial charge in [0.05, 0.1) is 23.6 Å². The zero-order chi connectivity index (χ0) is 46.6. The Hall–Kier alpha value is -3.74. The number of halogens is 1. The minimum Gasteiger partial charge on any atom is -0.457 e. The number of nitrogens with zero attached hydrogens (tertiary/aromatic N) is 5. The van der Waals surface area contributed by atoms with Crippen LogP contribution in [-0.2, 0) is 40.0 Å². The van der Waals surface area contributed by atoms with Crippen LogP contribution in [0.15, 0.2) is 33.9 Å². The molecular formula is C46H69FN6O9S. The summed E-state index contributed by atoms with van der Waals surface area (Å²) in [6.07, 6.45) is -1.10. The number of amides is 1. The number of carbonyl (C=O) groups excluding carboxylic acids is 3. The maximum atomic E-state index is 17.0. The smallest absolute Gasteiger partial charge is 0.351 e. The number of carbonyl (C=O) groups is 3. The topological polar surface area (TPSA) is 208 Å². The van der Waals surface area contributed by atoms with E-state index in [-0.39, 0.29) is 43.9 Å². The molecule has 4 heterocycles. The quantitative estimate of drug-likeness (QED) is 0.136. The van der Waals surface area contributed by atoms with Crippen LogP contribution in [0, 0.1) is 29.1 Å². The second kappa shape index (κ2) is 20.6. The molecule has 2 aromatic heterocycles. The van der Waals surface area contributed by atoms with Gasteiger partial charge in [0.25, 0.3) is 5.67 Å². The van der Waals surface area contributed by atoms with E-state index in [1.54, 1.807) is 32.3 Å². The van der Waals surface area contributed by atoms with Crippen LogP contribution in [0.1, 0.15) is 119 Å². The average molecular weight is 901 g/mol. The number of nitrogen functional groups attached to an aromatic ring is 1. The number of likely N-dealkylation sites (N-methyl/N-ethyl adjacent to an activating group) is 1. The summed E-state index contributed by atoms with van der Waals surface area (Å²) in [6.45, 7) is 15.1. The van der Waals surface area contributed by atoms with Gasteiger partial charge in [-0.15, -0.1) is 11.3 Å². The number of ketones is 1. The first-order valence-electron chi connectivity index (χ1n) is 22.3. The summed E-state index contributed by atoms with van der Waals surface area (Å²) in [5, 5.41) is 31.5. The number of oxime groups is 1. The van der Waals surface area contributed by atoms with Gasteiger partial charge >= 0.3 is 5.97 Å². The van der Waals surface area contributed by atoms with Crippen LogP contribution < -0.4 is 5.73 Å². The third kappa shape index (κ3) is 11.4. The molecule has 0 radical (unpaired) electrons. The van der Waals surface area contributed by atoms with E-state index >= 15 is 4.39 Å². The lowest BCUT2D eigenvalue weighted by atomic mass is 9.65. The Kier molecular flexibility index (Phi) is 16.4. The zero-order valence-corrected chi connectivity index (χ0v) is 39.6. The van der Waals surface area contributed by atoms with E-state index in [1.165, 1.54) is 18.3 Å². The van der Waals surface area contributed by atoms with E-state index < -0.39 is 76.7 Å². The number of rotatable bonds is 9. The molecule has 63 heavy (non-hydrogen) atoms. The highest BCUT2D eigenvalue weighted by atomic mass is 32.1. The summed E-state index contributed by atoms with van der Waals surface area (Å²) in [4.78, 5) is 63.3. The van der Waals surface area contributed by atoms with Crippen molar-refractivity contribution in [1.82, 2.24) is 14.9 Å². The Labute approximate surface area is 375 Å². The largest absolute Gasteiger partial charge is 0.457 e. The van der Waals surface area contributed by atoms with Crippen molar-refractivity contribution in [1.29, 1.82) is 0 Å². The molecule has 0 aromatic carbocycles. The molecule has 5 rings (SSSR count). The third-order valence-corrected chi connectivity index (χ3v) is 14.5. The Morgan fingerprint density at radius 3 is 2.43 bits per heavy atom. The highest BCUT2D eigenvalue weighted by Crippen LogP contribution is 2.47. The fourth-order valence-electron chi connectivity index (χ4n) is 9.96. The second-order valence-corrected chi connectivity index (χ2v) is 19.7. The molecule has 1 unspecified atom stereocenters. The van der Waals surface area contributed by atoms with Crippen LogP contribution in [-0.4, -0.2) is 116 Å². The number of Topliss-reactive ketones (excluding diaryl/α,β-unsaturated/α-hetero) is 1. The highest BCUT2D eigenvalue weighted by molar-refractivity contribution is 7.13. The van der Waals surface area contributed by atoms with Crippen molar-refractivity contribution >= 4 is 46.2 Å². The van der Waals surface area contributed by atoms with Crippen molar-refractivity contribution < 1.29 is 48.0 Å². The van der Waals surface area contributed by atoms with Crippen LogP contribution in [0.3, 0.4) is 0 Å². The summed E-state index contributed by atoms with van der Waals surface area (Å²) >= 11 is 1.42. The lowest BCUT2D eigenvalue weighted by Crippen LogP contribution is -2.59. The maximum absolute atomic E-state index is 17.0. The number of esters is 1. The minimum atomic E-state index is -3.13. The number of alkyl halides is 1. The summed E-state index contributed by atoms with van der Waals surface area (Å²) < 4.78 is 36.0. The summed E-state index contributed by atoms with van der Waals surface area (Å²) in [7, 11) is 3.70. The van der Waals surface area contributed by atoms with Crippen molar-refractivity contribution in [3.8, 4) is 10.6 Å². The number of aromatic nitrogens is 2. The van der Waals surface area contributed by atoms with E-state index in [4.69, 9.17) is 29.8 Å². The Balaban J connectivity index is 1.66. The van der Waals surface area contributed by atoms with E-state index in [2.05, 4.69) is 15.1 Å². The normalized spacial score (nSPS) is 37.6. The zero-order valence-electron chi connectivity index (χ0n) is 38.8. The standard InChI is InChI=1S/C46H69FN6O9S/c1-12-34-46(9,58)32-17-16-30(52-59-23-31-15-14-29(22-49-31)41-50-35(48)24-63-41)18-19-44(7,21-25(3)37(27(32)5)51-36(54)13-2)40(28(6)39(56)45(8,47)43(57)61-34)62-42-38(55)33(53(10)11)20-26(4)60-42/h14-15,22,24-28,32-34,38,40,42,55,58H,12-13,16-21,23,48H2,1-11H3/b51-37+,52-30+/t25-,26-,27-,28?,32-,33+,34-,38-,40-,42+,44-,45+,46+/m1/s1. The number of pyridine rings is 1. The molecule has 3 aliphatic rings. The number of aliphatic hydroxyl groups is 2. The molecule has 13 atom stereocenters. The van der Waals surface area contributed by atoms with Crippen LogP contribution in [0.2, 0.25) is 0 Å². The molecular weight excluding hydrogens is 832 g/mol. The third-order valence-electron chi connectivity index (χ3n) is 13.6. The number of nitrogens with two attached hydrogens (primary N) is 1. The molecule has 2 aromatic rings. The first-order chi connectivity index (χ1) is 29.5. The van der Waals surface area contributed by atoms with Gasteiger partial charge in [-0.25, -0.2) is 19.2 Å². The molecule has 3 fully saturated rings. The maximum Gasteiger partial charge on any atom is 0.351 e. The van der Waals surface area contributed by atoms with Gasteiger partial charge in [-0.2, -0.15) is 0 Å². The molecule has 1 amide bonds. The molecule has 2 bridgehead atoms. The van der Waals surface area contributed by atoms with Gasteiger partial charge in [0.1, 0.15) is 28.6 Å². The number of aliphatic imine (C=N–C) groups is 1. The van der Waals surface area contributed by atoms with Crippen LogP contribution in [0.5, 0.6) is 0 Å². The van der Waals surface area contributed by atoms with Gasteiger partial charge in [-0.3, -0.25) is 14.6 Å². The van der Waals surface area contributed by atoms with Gasteiger partial charge in [-0.05, 0) is 109 Å². The number of ether oxygens (including phenoxy) is 3. The van der Waals surface area contributed by atoms with Gasteiger partial charge in [0, 0.05) is 47.2 Å². The Morgan fingerprint density at radius 2 is 1.83 bits per heavy atom. The van der Waals surface area contributed by atoms with E-state index in [9.17, 15) is 24.6 Å². The lowest BCUT2D eigenvalue weighted by Gasteiger charge is -2.48. The number of cyclic esters (lactones) is 1. The van der Waals surface area contributed by atoms with Crippen molar-refractivity contribution in [2.75, 3.05) is 19.8 Å². The predicted octanol–water partition coefficient (Wildman–Crippen LogP) is 6.73. The van der Waals surface area contributed by atoms with E-state index in [0.717, 1.165) is 17.5 Å². The molecule has 1 saturated carbocycles. The van der Waals surface area contributed by atoms with E-state index in [0.29, 0.717) is 55.0 Å². The lowest BCUT2D eigenvalue weighted by molar-refractivity contribution is -0.287. The number of aliphatic hydroxyl groups excluding tert-OH is 1. The predicted molar refractivity (Wildman–Crippen MR) is 240 cm³/mol. The van der Waals surface area contributed by atoms with Crippen molar-refractivity contribution in [3.63, 3.8) is 0 Å². The molecule has 2 saturated heterocycles. The van der Waals surface area contributed by atoms with Crippen LogP contribution in [0.25, 0.3) is 10.6 Å². The van der Waals surface area contributed by atoms with Crippen molar-refractivity contribution in [3.05, 3.63) is 29.4 Å². The molecule has 0 spiro atoms. The van der Waals surface area contributed by atoms with Gasteiger partial charge in [0.2, 0.25) is 5.91 Å². The molecule has 15 nitrogen and oxygen atoms in total. The molecule has 2 aliphatic heterocycles. The highest BCUT2D eigenvalue weighted by Gasteiger charge is 2.56. The Bertz CT molecular complexity index is 1970. The fraction of sp³-hybridized carbons (Fsp3) is 0.717. The molecule has 17 heteroatoms. The summed E-state index contributed by atoms with van der Waals surface area (Å²) in [5.74, 6) is -5.36.